The highest BCUT2D eigenvalue weighted by atomic mass is 16.5. The summed E-state index contributed by atoms with van der Waals surface area (Å²) in [6.07, 6.45) is 1.78. The SMILES string of the molecule is COc1ccc(C=Nc2ccccc2N)cc1. The van der Waals surface area contributed by atoms with E-state index in [0.29, 0.717) is 5.69 Å². The molecule has 0 radical (unpaired) electrons. The van der Waals surface area contributed by atoms with Crippen LogP contribution < -0.4 is 10.5 Å². The smallest absolute Gasteiger partial charge is 0.118 e. The van der Waals surface area contributed by atoms with E-state index in [-0.39, 0.29) is 0 Å². The van der Waals surface area contributed by atoms with Gasteiger partial charge in [-0.2, -0.15) is 0 Å². The van der Waals surface area contributed by atoms with Crippen molar-refractivity contribution >= 4 is 17.6 Å². The molecule has 0 spiro atoms. The molecule has 0 aliphatic carbocycles. The van der Waals surface area contributed by atoms with Crippen molar-refractivity contribution in [3.63, 3.8) is 0 Å². The van der Waals surface area contributed by atoms with E-state index in [2.05, 4.69) is 4.99 Å². The third-order valence-electron chi connectivity index (χ3n) is 2.41. The summed E-state index contributed by atoms with van der Waals surface area (Å²) in [7, 11) is 1.65. The van der Waals surface area contributed by atoms with E-state index < -0.39 is 0 Å². The van der Waals surface area contributed by atoms with Gasteiger partial charge in [-0.25, -0.2) is 0 Å². The Morgan fingerprint density at radius 2 is 1.76 bits per heavy atom. The fourth-order valence-electron chi connectivity index (χ4n) is 1.44. The average molecular weight is 226 g/mol. The normalized spacial score (nSPS) is 10.6. The van der Waals surface area contributed by atoms with E-state index in [1.165, 1.54) is 0 Å². The second kappa shape index (κ2) is 5.16. The molecule has 2 rings (SSSR count). The molecule has 17 heavy (non-hydrogen) atoms. The Hall–Kier alpha value is -2.29. The molecule has 0 aliphatic rings. The van der Waals surface area contributed by atoms with Gasteiger partial charge in [0.05, 0.1) is 18.5 Å². The largest absolute Gasteiger partial charge is 0.497 e. The molecule has 86 valence electrons. The van der Waals surface area contributed by atoms with E-state index in [4.69, 9.17) is 10.5 Å². The van der Waals surface area contributed by atoms with Crippen molar-refractivity contribution in [3.05, 3.63) is 54.1 Å². The maximum atomic E-state index is 5.80. The first-order chi connectivity index (χ1) is 8.29. The summed E-state index contributed by atoms with van der Waals surface area (Å²) in [6.45, 7) is 0. The monoisotopic (exact) mass is 226 g/mol. The predicted molar refractivity (Wildman–Crippen MR) is 71.1 cm³/mol. The summed E-state index contributed by atoms with van der Waals surface area (Å²) in [5.74, 6) is 0.835. The molecule has 0 aliphatic heterocycles. The molecule has 0 amide bonds. The zero-order chi connectivity index (χ0) is 12.1. The van der Waals surface area contributed by atoms with Crippen molar-refractivity contribution in [2.24, 2.45) is 4.99 Å². The van der Waals surface area contributed by atoms with Crippen LogP contribution >= 0.6 is 0 Å². The number of rotatable bonds is 3. The Bertz CT molecular complexity index is 518. The second-order valence-corrected chi connectivity index (χ2v) is 3.59. The molecule has 0 bridgehead atoms. The minimum absolute atomic E-state index is 0.678. The van der Waals surface area contributed by atoms with Crippen molar-refractivity contribution < 1.29 is 4.74 Å². The number of anilines is 1. The van der Waals surface area contributed by atoms with Crippen LogP contribution in [0.1, 0.15) is 5.56 Å². The lowest BCUT2D eigenvalue weighted by atomic mass is 10.2. The lowest BCUT2D eigenvalue weighted by Gasteiger charge is -2.00. The third kappa shape index (κ3) is 2.84. The molecular weight excluding hydrogens is 212 g/mol. The number of hydrogen-bond acceptors (Lipinski definition) is 3. The molecule has 3 nitrogen and oxygen atoms in total. The molecule has 0 saturated carbocycles. The highest BCUT2D eigenvalue weighted by Gasteiger charge is 1.94. The Balaban J connectivity index is 2.17. The highest BCUT2D eigenvalue weighted by molar-refractivity contribution is 5.83. The molecule has 2 N–H and O–H groups in total. The lowest BCUT2D eigenvalue weighted by Crippen LogP contribution is -1.86. The van der Waals surface area contributed by atoms with E-state index >= 15 is 0 Å². The summed E-state index contributed by atoms with van der Waals surface area (Å²) in [4.78, 5) is 4.34. The van der Waals surface area contributed by atoms with Crippen LogP contribution in [0.5, 0.6) is 5.75 Å². The Labute approximate surface area is 101 Å². The zero-order valence-corrected chi connectivity index (χ0v) is 9.63. The van der Waals surface area contributed by atoms with Gasteiger partial charge in [0, 0.05) is 6.21 Å². The molecule has 3 heteroatoms. The molecule has 2 aromatic rings. The summed E-state index contributed by atoms with van der Waals surface area (Å²) < 4.78 is 5.09. The van der Waals surface area contributed by atoms with Gasteiger partial charge in [-0.3, -0.25) is 4.99 Å². The quantitative estimate of drug-likeness (QED) is 0.646. The minimum atomic E-state index is 0.678. The average Bonchev–Trinajstić information content (AvgIpc) is 2.38. The molecule has 0 saturated heterocycles. The summed E-state index contributed by atoms with van der Waals surface area (Å²) in [5, 5.41) is 0. The lowest BCUT2D eigenvalue weighted by molar-refractivity contribution is 0.415. The number of nitrogens with two attached hydrogens (primary N) is 1. The number of methoxy groups -OCH3 is 1. The van der Waals surface area contributed by atoms with Crippen molar-refractivity contribution in [1.29, 1.82) is 0 Å². The fourth-order valence-corrected chi connectivity index (χ4v) is 1.44. The van der Waals surface area contributed by atoms with Crippen molar-refractivity contribution in [3.8, 4) is 5.75 Å². The maximum absolute atomic E-state index is 5.80. The Morgan fingerprint density at radius 3 is 2.41 bits per heavy atom. The van der Waals surface area contributed by atoms with Crippen LogP contribution in [-0.4, -0.2) is 13.3 Å². The standard InChI is InChI=1S/C14H14N2O/c1-17-12-8-6-11(7-9-12)10-16-14-5-3-2-4-13(14)15/h2-10H,15H2,1H3. The van der Waals surface area contributed by atoms with Gasteiger partial charge in [0.2, 0.25) is 0 Å². The molecule has 0 heterocycles. The molecule has 2 aromatic carbocycles. The van der Waals surface area contributed by atoms with Crippen LogP contribution in [0, 0.1) is 0 Å². The number of nitrogens with zero attached hydrogens (tertiary/aromatic N) is 1. The van der Waals surface area contributed by atoms with Gasteiger partial charge in [-0.15, -0.1) is 0 Å². The first-order valence-corrected chi connectivity index (χ1v) is 5.32. The van der Waals surface area contributed by atoms with Gasteiger partial charge in [0.25, 0.3) is 0 Å². The first kappa shape index (κ1) is 11.2. The second-order valence-electron chi connectivity index (χ2n) is 3.59. The summed E-state index contributed by atoms with van der Waals surface area (Å²) in [6, 6.07) is 15.2. The molecule has 0 aromatic heterocycles. The van der Waals surface area contributed by atoms with Crippen LogP contribution in [-0.2, 0) is 0 Å². The minimum Gasteiger partial charge on any atom is -0.497 e. The molecule has 0 atom stereocenters. The number of benzene rings is 2. The highest BCUT2D eigenvalue weighted by Crippen LogP contribution is 2.20. The molecule has 0 unspecified atom stereocenters. The topological polar surface area (TPSA) is 47.6 Å². The Morgan fingerprint density at radius 1 is 1.06 bits per heavy atom. The van der Waals surface area contributed by atoms with Crippen molar-refractivity contribution in [1.82, 2.24) is 0 Å². The first-order valence-electron chi connectivity index (χ1n) is 5.32. The van der Waals surface area contributed by atoms with Crippen LogP contribution in [0.15, 0.2) is 53.5 Å². The fraction of sp³-hybridized carbons (Fsp3) is 0.0714. The maximum Gasteiger partial charge on any atom is 0.118 e. The van der Waals surface area contributed by atoms with E-state index in [9.17, 15) is 0 Å². The summed E-state index contributed by atoms with van der Waals surface area (Å²) in [5.41, 5.74) is 8.26. The number of para-hydroxylation sites is 2. The zero-order valence-electron chi connectivity index (χ0n) is 9.63. The number of hydrogen-bond donors (Lipinski definition) is 1. The third-order valence-corrected chi connectivity index (χ3v) is 2.41. The van der Waals surface area contributed by atoms with Crippen molar-refractivity contribution in [2.75, 3.05) is 12.8 Å². The van der Waals surface area contributed by atoms with Crippen LogP contribution in [0.3, 0.4) is 0 Å². The van der Waals surface area contributed by atoms with Crippen LogP contribution in [0.2, 0.25) is 0 Å². The van der Waals surface area contributed by atoms with Crippen molar-refractivity contribution in [2.45, 2.75) is 0 Å². The van der Waals surface area contributed by atoms with E-state index in [0.717, 1.165) is 17.0 Å². The van der Waals surface area contributed by atoms with Gasteiger partial charge >= 0.3 is 0 Å². The predicted octanol–water partition coefficient (Wildman–Crippen LogP) is 3.03. The van der Waals surface area contributed by atoms with Crippen LogP contribution in [0.25, 0.3) is 0 Å². The number of aliphatic imine (C=N–C) groups is 1. The molecular formula is C14H14N2O. The molecule has 0 fully saturated rings. The summed E-state index contributed by atoms with van der Waals surface area (Å²) >= 11 is 0. The van der Waals surface area contributed by atoms with Gasteiger partial charge in [-0.1, -0.05) is 12.1 Å². The van der Waals surface area contributed by atoms with Gasteiger partial charge < -0.3 is 10.5 Å². The van der Waals surface area contributed by atoms with Gasteiger partial charge in [0.1, 0.15) is 5.75 Å². The van der Waals surface area contributed by atoms with Gasteiger partial charge in [-0.05, 0) is 42.0 Å². The Kier molecular flexibility index (Phi) is 3.40. The van der Waals surface area contributed by atoms with Gasteiger partial charge in [0.15, 0.2) is 0 Å². The van der Waals surface area contributed by atoms with E-state index in [1.807, 2.05) is 48.5 Å². The van der Waals surface area contributed by atoms with Crippen LogP contribution in [0.4, 0.5) is 11.4 Å². The number of nitrogen functional groups attached to an aromatic ring is 1. The van der Waals surface area contributed by atoms with E-state index in [1.54, 1.807) is 13.3 Å². The number of ether oxygens (including phenoxy) is 1.